The number of amides is 1. The fourth-order valence-corrected chi connectivity index (χ4v) is 6.01. The van der Waals surface area contributed by atoms with E-state index in [0.29, 0.717) is 39.0 Å². The zero-order valence-corrected chi connectivity index (χ0v) is 17.4. The second-order valence-corrected chi connectivity index (χ2v) is 9.38. The Morgan fingerprint density at radius 3 is 2.56 bits per heavy atom. The van der Waals surface area contributed by atoms with E-state index in [9.17, 15) is 13.2 Å². The first-order chi connectivity index (χ1) is 12.5. The van der Waals surface area contributed by atoms with Gasteiger partial charge in [-0.1, -0.05) is 37.3 Å². The minimum absolute atomic E-state index is 0. The summed E-state index contributed by atoms with van der Waals surface area (Å²) in [6.07, 6.45) is 1.92. The summed E-state index contributed by atoms with van der Waals surface area (Å²) in [6, 6.07) is 9.60. The molecule has 0 aliphatic carbocycles. The summed E-state index contributed by atoms with van der Waals surface area (Å²) in [4.78, 5) is 15.0. The summed E-state index contributed by atoms with van der Waals surface area (Å²) in [7, 11) is -3.36. The number of benzene rings is 1. The molecule has 0 saturated carbocycles. The van der Waals surface area contributed by atoms with E-state index in [0.717, 1.165) is 6.42 Å². The first kappa shape index (κ1) is 22.1. The molecule has 152 valence electrons. The van der Waals surface area contributed by atoms with Crippen molar-refractivity contribution < 1.29 is 13.2 Å². The van der Waals surface area contributed by atoms with Crippen LogP contribution >= 0.6 is 12.4 Å². The molecule has 8 heteroatoms. The molecule has 1 aromatic rings. The van der Waals surface area contributed by atoms with Crippen molar-refractivity contribution in [1.82, 2.24) is 9.21 Å². The number of rotatable bonds is 6. The number of sulfonamides is 1. The number of hydrogen-bond acceptors (Lipinski definition) is 4. The number of nitrogens with zero attached hydrogens (tertiary/aromatic N) is 2. The normalized spacial score (nSPS) is 26.1. The van der Waals surface area contributed by atoms with Gasteiger partial charge in [-0.15, -0.1) is 12.4 Å². The topological polar surface area (TPSA) is 83.7 Å². The second-order valence-electron chi connectivity index (χ2n) is 7.34. The van der Waals surface area contributed by atoms with Crippen LogP contribution in [-0.4, -0.2) is 61.5 Å². The van der Waals surface area contributed by atoms with E-state index in [-0.39, 0.29) is 35.9 Å². The van der Waals surface area contributed by atoms with Gasteiger partial charge in [-0.2, -0.15) is 4.31 Å². The Labute approximate surface area is 168 Å². The summed E-state index contributed by atoms with van der Waals surface area (Å²) in [6.45, 7) is 4.04. The number of carbonyl (C=O) groups excluding carboxylic acids is 1. The van der Waals surface area contributed by atoms with E-state index in [4.69, 9.17) is 5.73 Å². The van der Waals surface area contributed by atoms with Gasteiger partial charge >= 0.3 is 0 Å². The highest BCUT2D eigenvalue weighted by Gasteiger charge is 2.43. The molecule has 3 rings (SSSR count). The molecule has 1 amide bonds. The van der Waals surface area contributed by atoms with Gasteiger partial charge in [0.1, 0.15) is 6.04 Å². The van der Waals surface area contributed by atoms with Gasteiger partial charge < -0.3 is 10.6 Å². The van der Waals surface area contributed by atoms with Gasteiger partial charge in [0.15, 0.2) is 0 Å². The lowest BCUT2D eigenvalue weighted by Gasteiger charge is -2.27. The largest absolute Gasteiger partial charge is 0.340 e. The van der Waals surface area contributed by atoms with Crippen LogP contribution in [-0.2, 0) is 14.8 Å². The van der Waals surface area contributed by atoms with E-state index >= 15 is 0 Å². The third kappa shape index (κ3) is 4.65. The number of hydrogen-bond donors (Lipinski definition) is 1. The van der Waals surface area contributed by atoms with Crippen molar-refractivity contribution in [3.63, 3.8) is 0 Å². The van der Waals surface area contributed by atoms with Crippen LogP contribution in [0, 0.1) is 5.92 Å². The molecule has 0 aromatic heterocycles. The monoisotopic (exact) mass is 415 g/mol. The maximum Gasteiger partial charge on any atom is 0.241 e. The van der Waals surface area contributed by atoms with Crippen molar-refractivity contribution in [3.8, 4) is 0 Å². The predicted molar refractivity (Wildman–Crippen MR) is 109 cm³/mol. The van der Waals surface area contributed by atoms with Crippen molar-refractivity contribution in [2.24, 2.45) is 11.7 Å². The molecule has 2 heterocycles. The van der Waals surface area contributed by atoms with Gasteiger partial charge in [-0.3, -0.25) is 4.79 Å². The zero-order valence-electron chi connectivity index (χ0n) is 15.8. The average Bonchev–Trinajstić information content (AvgIpc) is 3.29. The molecule has 1 aromatic carbocycles. The van der Waals surface area contributed by atoms with E-state index < -0.39 is 16.1 Å². The van der Waals surface area contributed by atoms with Gasteiger partial charge in [-0.25, -0.2) is 8.42 Å². The molecule has 2 N–H and O–H groups in total. The molecule has 2 aliphatic heterocycles. The number of nitrogens with two attached hydrogens (primary N) is 1. The molecule has 0 spiro atoms. The highest BCUT2D eigenvalue weighted by molar-refractivity contribution is 7.89. The summed E-state index contributed by atoms with van der Waals surface area (Å²) in [5.41, 5.74) is 7.16. The summed E-state index contributed by atoms with van der Waals surface area (Å²) in [5.74, 6) is 0.476. The lowest BCUT2D eigenvalue weighted by molar-refractivity contribution is -0.133. The van der Waals surface area contributed by atoms with Crippen LogP contribution in [0.15, 0.2) is 30.3 Å². The molecule has 6 nitrogen and oxygen atoms in total. The molecule has 3 atom stereocenters. The third-order valence-electron chi connectivity index (χ3n) is 5.59. The summed E-state index contributed by atoms with van der Waals surface area (Å²) in [5, 5.41) is 0. The first-order valence-electron chi connectivity index (χ1n) is 9.51. The fraction of sp³-hybridized carbons (Fsp3) is 0.632. The smallest absolute Gasteiger partial charge is 0.241 e. The van der Waals surface area contributed by atoms with Crippen molar-refractivity contribution >= 4 is 28.3 Å². The van der Waals surface area contributed by atoms with Gasteiger partial charge in [0.2, 0.25) is 15.9 Å². The van der Waals surface area contributed by atoms with Crippen molar-refractivity contribution in [3.05, 3.63) is 35.9 Å². The number of carbonyl (C=O) groups is 1. The summed E-state index contributed by atoms with van der Waals surface area (Å²) >= 11 is 0. The minimum Gasteiger partial charge on any atom is -0.340 e. The van der Waals surface area contributed by atoms with Crippen molar-refractivity contribution in [1.29, 1.82) is 0 Å². The molecule has 0 radical (unpaired) electrons. The molecule has 27 heavy (non-hydrogen) atoms. The number of halogens is 1. The maximum absolute atomic E-state index is 13.1. The minimum atomic E-state index is -3.36. The standard InChI is InChI=1S/C19H29N3O3S.ClH/c1-2-11-26(24,25)22-10-6-9-18(22)19(23)21-13-16(12-20)17(14-21)15-7-4-3-5-8-15;/h3-5,7-8,16-18H,2,6,9-14,20H2,1H3;1H/t16-,17+,18?;/m1./s1. The Hall–Kier alpha value is -1.15. The van der Waals surface area contributed by atoms with Crippen molar-refractivity contribution in [2.45, 2.75) is 38.1 Å². The van der Waals surface area contributed by atoms with Crippen LogP contribution in [0.2, 0.25) is 0 Å². The van der Waals surface area contributed by atoms with Crippen LogP contribution in [0.3, 0.4) is 0 Å². The fourth-order valence-electron chi connectivity index (χ4n) is 4.27. The van der Waals surface area contributed by atoms with Gasteiger partial charge in [0, 0.05) is 25.6 Å². The molecule has 1 unspecified atom stereocenters. The highest BCUT2D eigenvalue weighted by atomic mass is 35.5. The lowest BCUT2D eigenvalue weighted by atomic mass is 9.89. The Bertz CT molecular complexity index is 729. The molecule has 0 bridgehead atoms. The average molecular weight is 416 g/mol. The highest BCUT2D eigenvalue weighted by Crippen LogP contribution is 2.34. The Morgan fingerprint density at radius 2 is 1.93 bits per heavy atom. The van der Waals surface area contributed by atoms with Crippen molar-refractivity contribution in [2.75, 3.05) is 31.9 Å². The van der Waals surface area contributed by atoms with Gasteiger partial charge in [0.25, 0.3) is 0 Å². The Morgan fingerprint density at radius 1 is 1.22 bits per heavy atom. The third-order valence-corrected chi connectivity index (χ3v) is 7.67. The van der Waals surface area contributed by atoms with Crippen LogP contribution in [0.25, 0.3) is 0 Å². The quantitative estimate of drug-likeness (QED) is 0.767. The van der Waals surface area contributed by atoms with Crippen LogP contribution in [0.4, 0.5) is 0 Å². The Balaban J connectivity index is 0.00000261. The lowest BCUT2D eigenvalue weighted by Crippen LogP contribution is -2.47. The van der Waals surface area contributed by atoms with E-state index in [1.165, 1.54) is 9.87 Å². The van der Waals surface area contributed by atoms with Crippen LogP contribution in [0.1, 0.15) is 37.7 Å². The van der Waals surface area contributed by atoms with Crippen LogP contribution < -0.4 is 5.73 Å². The predicted octanol–water partition coefficient (Wildman–Crippen LogP) is 1.81. The van der Waals surface area contributed by atoms with Crippen LogP contribution in [0.5, 0.6) is 0 Å². The molecular formula is C19H30ClN3O3S. The molecule has 2 aliphatic rings. The molecule has 2 fully saturated rings. The first-order valence-corrected chi connectivity index (χ1v) is 11.1. The SMILES string of the molecule is CCCS(=O)(=O)N1CCCC1C(=O)N1C[C@@H](CN)[C@H](c2ccccc2)C1.Cl. The van der Waals surface area contributed by atoms with E-state index in [2.05, 4.69) is 12.1 Å². The zero-order chi connectivity index (χ0) is 18.7. The summed E-state index contributed by atoms with van der Waals surface area (Å²) < 4.78 is 26.4. The van der Waals surface area contributed by atoms with E-state index in [1.807, 2.05) is 30.0 Å². The van der Waals surface area contributed by atoms with Gasteiger partial charge in [0.05, 0.1) is 5.75 Å². The maximum atomic E-state index is 13.1. The van der Waals surface area contributed by atoms with Gasteiger partial charge in [-0.05, 0) is 37.3 Å². The second kappa shape index (κ2) is 9.37. The molecule has 2 saturated heterocycles. The number of likely N-dealkylation sites (tertiary alicyclic amines) is 1. The molecular weight excluding hydrogens is 386 g/mol. The van der Waals surface area contributed by atoms with E-state index in [1.54, 1.807) is 0 Å². The Kier molecular flexibility index (Phi) is 7.68.